The number of rotatable bonds is 17. The highest BCUT2D eigenvalue weighted by atomic mass is 35.5. The van der Waals surface area contributed by atoms with Crippen LogP contribution >= 0.6 is 11.6 Å². The third kappa shape index (κ3) is 9.23. The minimum absolute atomic E-state index is 0.122. The molecule has 44 heavy (non-hydrogen) atoms. The first kappa shape index (κ1) is 32.9. The Morgan fingerprint density at radius 1 is 0.932 bits per heavy atom. The lowest BCUT2D eigenvalue weighted by atomic mass is 10.00. The first-order valence-electron chi connectivity index (χ1n) is 14.4. The van der Waals surface area contributed by atoms with Gasteiger partial charge in [0, 0.05) is 29.2 Å². The van der Waals surface area contributed by atoms with Crippen LogP contribution in [0.25, 0.3) is 5.69 Å². The molecule has 0 radical (unpaired) electrons. The van der Waals surface area contributed by atoms with E-state index in [1.54, 1.807) is 0 Å². The fourth-order valence-corrected chi connectivity index (χ4v) is 4.70. The van der Waals surface area contributed by atoms with E-state index in [0.717, 1.165) is 16.8 Å². The Hall–Kier alpha value is -4.04. The smallest absolute Gasteiger partial charge is 0.404 e. The van der Waals surface area contributed by atoms with E-state index in [2.05, 4.69) is 20.8 Å². The number of nitrogens with one attached hydrogen (secondary N) is 2. The standard InChI is InChI=1S/C30H37ClN6O7/c1-3-32-27(38)19-25-29-36-35-20(2)37(29)26-9-8-23(18-24(26)28(34-25)21-4-6-22(31)7-5-21)44-17-16-43-15-14-42-13-12-41-11-10-33-30(39)40/h4-9,18,25,33H,3,10-17,19H2,1-2H3,(H,32,38)(H,39,40). The molecular weight excluding hydrogens is 592 g/mol. The molecule has 4 rings (SSSR count). The minimum atomic E-state index is -1.08. The molecule has 0 aliphatic carbocycles. The summed E-state index contributed by atoms with van der Waals surface area (Å²) in [6.45, 7) is 7.02. The summed E-state index contributed by atoms with van der Waals surface area (Å²) < 4.78 is 24.3. The molecule has 2 heterocycles. The maximum Gasteiger partial charge on any atom is 0.404 e. The monoisotopic (exact) mass is 628 g/mol. The molecular formula is C30H37ClN6O7. The van der Waals surface area contributed by atoms with Crippen molar-refractivity contribution in [2.45, 2.75) is 26.3 Å². The number of fused-ring (bicyclic) bond motifs is 3. The van der Waals surface area contributed by atoms with Gasteiger partial charge >= 0.3 is 6.09 Å². The van der Waals surface area contributed by atoms with E-state index in [0.29, 0.717) is 74.3 Å². The fraction of sp³-hybridized carbons (Fsp3) is 0.433. The van der Waals surface area contributed by atoms with Gasteiger partial charge in [-0.2, -0.15) is 0 Å². The van der Waals surface area contributed by atoms with Gasteiger partial charge in [-0.25, -0.2) is 4.79 Å². The molecule has 1 unspecified atom stereocenters. The Kier molecular flexibility index (Phi) is 12.5. The van der Waals surface area contributed by atoms with E-state index in [9.17, 15) is 9.59 Å². The molecule has 0 fully saturated rings. The zero-order valence-corrected chi connectivity index (χ0v) is 25.5. The summed E-state index contributed by atoms with van der Waals surface area (Å²) >= 11 is 6.19. The van der Waals surface area contributed by atoms with Crippen molar-refractivity contribution in [2.24, 2.45) is 4.99 Å². The van der Waals surface area contributed by atoms with Gasteiger partial charge in [0.2, 0.25) is 5.91 Å². The summed E-state index contributed by atoms with van der Waals surface area (Å²) in [6.07, 6.45) is -0.952. The van der Waals surface area contributed by atoms with Gasteiger partial charge in [-0.05, 0) is 44.2 Å². The van der Waals surface area contributed by atoms with E-state index in [-0.39, 0.29) is 25.5 Å². The lowest BCUT2D eigenvalue weighted by Crippen LogP contribution is -2.25. The maximum atomic E-state index is 12.6. The average Bonchev–Trinajstić information content (AvgIpc) is 3.32. The van der Waals surface area contributed by atoms with Crippen molar-refractivity contribution in [2.75, 3.05) is 59.3 Å². The number of ether oxygens (including phenoxy) is 4. The number of aryl methyl sites for hydroxylation is 1. The molecule has 13 nitrogen and oxygen atoms in total. The molecule has 3 N–H and O–H groups in total. The second-order valence-corrected chi connectivity index (χ2v) is 10.1. The van der Waals surface area contributed by atoms with Crippen LogP contribution in [0.1, 0.15) is 42.2 Å². The van der Waals surface area contributed by atoms with Crippen LogP contribution in [0.4, 0.5) is 4.79 Å². The summed E-state index contributed by atoms with van der Waals surface area (Å²) in [6, 6.07) is 12.6. The topological polar surface area (TPSA) is 158 Å². The Bertz CT molecular complexity index is 1430. The molecule has 1 aliphatic rings. The van der Waals surface area contributed by atoms with Crippen LogP contribution < -0.4 is 15.4 Å². The Labute approximate surface area is 260 Å². The van der Waals surface area contributed by atoms with Gasteiger partial charge in [0.05, 0.1) is 57.5 Å². The van der Waals surface area contributed by atoms with Crippen molar-refractivity contribution < 1.29 is 33.6 Å². The van der Waals surface area contributed by atoms with Crippen molar-refractivity contribution in [1.29, 1.82) is 0 Å². The summed E-state index contributed by atoms with van der Waals surface area (Å²) in [5, 5.41) is 22.9. The van der Waals surface area contributed by atoms with E-state index >= 15 is 0 Å². The highest BCUT2D eigenvalue weighted by molar-refractivity contribution is 6.30. The zero-order chi connectivity index (χ0) is 31.3. The lowest BCUT2D eigenvalue weighted by Gasteiger charge is -2.15. The number of benzene rings is 2. The molecule has 0 spiro atoms. The van der Waals surface area contributed by atoms with Crippen LogP contribution in [0.3, 0.4) is 0 Å². The number of halogens is 1. The van der Waals surface area contributed by atoms with Crippen LogP contribution in [0, 0.1) is 6.92 Å². The molecule has 236 valence electrons. The third-order valence-corrected chi connectivity index (χ3v) is 6.78. The van der Waals surface area contributed by atoms with Crippen molar-refractivity contribution in [1.82, 2.24) is 25.4 Å². The normalized spacial score (nSPS) is 13.8. The highest BCUT2D eigenvalue weighted by Gasteiger charge is 2.30. The molecule has 1 aliphatic heterocycles. The fourth-order valence-electron chi connectivity index (χ4n) is 4.58. The number of carboxylic acid groups (broad SMARTS) is 1. The van der Waals surface area contributed by atoms with Gasteiger partial charge in [-0.3, -0.25) is 14.4 Å². The van der Waals surface area contributed by atoms with Crippen molar-refractivity contribution >= 4 is 29.3 Å². The summed E-state index contributed by atoms with van der Waals surface area (Å²) in [5.74, 6) is 1.78. The number of carbonyl (C=O) groups is 2. The van der Waals surface area contributed by atoms with Crippen LogP contribution in [-0.4, -0.2) is 96.9 Å². The second-order valence-electron chi connectivity index (χ2n) is 9.70. The van der Waals surface area contributed by atoms with E-state index in [4.69, 9.17) is 40.6 Å². The number of hydrogen-bond acceptors (Lipinski definition) is 9. The highest BCUT2D eigenvalue weighted by Crippen LogP contribution is 2.34. The zero-order valence-electron chi connectivity index (χ0n) is 24.8. The van der Waals surface area contributed by atoms with Gasteiger partial charge in [0.15, 0.2) is 5.82 Å². The summed E-state index contributed by atoms with van der Waals surface area (Å²) in [4.78, 5) is 28.1. The average molecular weight is 629 g/mol. The van der Waals surface area contributed by atoms with Crippen molar-refractivity contribution in [3.8, 4) is 11.4 Å². The maximum absolute atomic E-state index is 12.6. The third-order valence-electron chi connectivity index (χ3n) is 6.53. The Balaban J connectivity index is 1.39. The van der Waals surface area contributed by atoms with E-state index in [1.807, 2.05) is 60.9 Å². The molecule has 0 bridgehead atoms. The molecule has 0 saturated heterocycles. The largest absolute Gasteiger partial charge is 0.491 e. The number of amides is 2. The summed E-state index contributed by atoms with van der Waals surface area (Å²) in [5.41, 5.74) is 3.17. The van der Waals surface area contributed by atoms with Gasteiger partial charge in [0.1, 0.15) is 24.2 Å². The molecule has 1 atom stereocenters. The second kappa shape index (κ2) is 16.7. The molecule has 1 aromatic heterocycles. The quantitative estimate of drug-likeness (QED) is 0.191. The molecule has 2 aromatic carbocycles. The van der Waals surface area contributed by atoms with Crippen LogP contribution in [-0.2, 0) is 19.0 Å². The predicted octanol–water partition coefficient (Wildman–Crippen LogP) is 3.34. The Morgan fingerprint density at radius 2 is 1.61 bits per heavy atom. The van der Waals surface area contributed by atoms with Crippen molar-refractivity contribution in [3.63, 3.8) is 0 Å². The van der Waals surface area contributed by atoms with E-state index in [1.165, 1.54) is 0 Å². The van der Waals surface area contributed by atoms with Gasteiger partial charge in [0.25, 0.3) is 0 Å². The van der Waals surface area contributed by atoms with Crippen LogP contribution in [0.5, 0.6) is 5.75 Å². The summed E-state index contributed by atoms with van der Waals surface area (Å²) in [7, 11) is 0. The van der Waals surface area contributed by atoms with Gasteiger partial charge in [-0.1, -0.05) is 23.7 Å². The lowest BCUT2D eigenvalue weighted by molar-refractivity contribution is -0.121. The number of hydrogen-bond donors (Lipinski definition) is 3. The number of aliphatic imine (C=N–C) groups is 1. The number of carbonyl (C=O) groups excluding carboxylic acids is 1. The van der Waals surface area contributed by atoms with E-state index < -0.39 is 12.1 Å². The van der Waals surface area contributed by atoms with Gasteiger partial charge in [-0.15, -0.1) is 10.2 Å². The van der Waals surface area contributed by atoms with Crippen molar-refractivity contribution in [3.05, 3.63) is 70.3 Å². The first-order chi connectivity index (χ1) is 21.4. The number of aromatic nitrogens is 3. The van der Waals surface area contributed by atoms with Gasteiger partial charge < -0.3 is 34.7 Å². The van der Waals surface area contributed by atoms with Crippen LogP contribution in [0.15, 0.2) is 47.5 Å². The Morgan fingerprint density at radius 3 is 2.30 bits per heavy atom. The molecule has 0 saturated carbocycles. The SMILES string of the molecule is CCNC(=O)CC1N=C(c2ccc(Cl)cc2)c2cc(OCCOCCOCCOCCNC(=O)O)ccc2-n2c(C)nnc21. The minimum Gasteiger partial charge on any atom is -0.491 e. The first-order valence-corrected chi connectivity index (χ1v) is 14.7. The molecule has 2 amide bonds. The molecule has 14 heteroatoms. The predicted molar refractivity (Wildman–Crippen MR) is 163 cm³/mol. The number of nitrogens with zero attached hydrogens (tertiary/aromatic N) is 4. The molecule has 3 aromatic rings. The van der Waals surface area contributed by atoms with Crippen LogP contribution in [0.2, 0.25) is 5.02 Å².